The van der Waals surface area contributed by atoms with Crippen molar-refractivity contribution < 1.29 is 17.9 Å². The molecule has 0 aliphatic carbocycles. The molecule has 1 aromatic carbocycles. The normalized spacial score (nSPS) is 19.9. The van der Waals surface area contributed by atoms with Crippen molar-refractivity contribution in [3.63, 3.8) is 0 Å². The maximum atomic E-state index is 14.8. The van der Waals surface area contributed by atoms with Crippen LogP contribution in [0.2, 0.25) is 0 Å². The van der Waals surface area contributed by atoms with E-state index in [0.29, 0.717) is 36.5 Å². The third kappa shape index (κ3) is 5.26. The van der Waals surface area contributed by atoms with Crippen LogP contribution in [-0.4, -0.2) is 64.5 Å². The second-order valence-corrected chi connectivity index (χ2v) is 8.98. The molecule has 0 bridgehead atoms. The molecule has 1 saturated heterocycles. The first-order chi connectivity index (χ1) is 16.2. The van der Waals surface area contributed by atoms with Crippen molar-refractivity contribution in [2.45, 2.75) is 45.5 Å². The average Bonchev–Trinajstić information content (AvgIpc) is 3.29. The highest BCUT2D eigenvalue weighted by molar-refractivity contribution is 5.64. The molecule has 0 saturated carbocycles. The van der Waals surface area contributed by atoms with Crippen LogP contribution in [-0.2, 0) is 4.74 Å². The average molecular weight is 474 g/mol. The number of benzene rings is 1. The first-order valence-electron chi connectivity index (χ1n) is 11.4. The number of hydrogen-bond donors (Lipinski definition) is 1. The minimum atomic E-state index is -1.07. The molecule has 0 amide bonds. The van der Waals surface area contributed by atoms with Gasteiger partial charge in [-0.15, -0.1) is 0 Å². The number of aryl methyl sites for hydroxylation is 2. The lowest BCUT2D eigenvalue weighted by Gasteiger charge is -2.36. The first-order valence-corrected chi connectivity index (χ1v) is 11.4. The topological polar surface area (TPSA) is 55.2 Å². The second-order valence-electron chi connectivity index (χ2n) is 8.98. The van der Waals surface area contributed by atoms with Crippen LogP contribution in [0.3, 0.4) is 0 Å². The molecule has 1 aliphatic rings. The predicted octanol–water partition coefficient (Wildman–Crippen LogP) is 4.69. The third-order valence-corrected chi connectivity index (χ3v) is 6.35. The smallest absolute Gasteiger partial charge is 0.222 e. The van der Waals surface area contributed by atoms with Gasteiger partial charge < -0.3 is 14.6 Å². The molecule has 182 valence electrons. The number of alkyl halides is 1. The van der Waals surface area contributed by atoms with Crippen LogP contribution >= 0.6 is 0 Å². The van der Waals surface area contributed by atoms with Crippen LogP contribution < -0.4 is 5.32 Å². The van der Waals surface area contributed by atoms with Crippen molar-refractivity contribution in [2.75, 3.05) is 32.1 Å². The molecule has 9 heteroatoms. The number of methoxy groups -OCH3 is 1. The van der Waals surface area contributed by atoms with Crippen LogP contribution in [0.4, 0.5) is 18.9 Å². The van der Waals surface area contributed by atoms with Gasteiger partial charge in [0, 0.05) is 38.6 Å². The quantitative estimate of drug-likeness (QED) is 0.505. The minimum Gasteiger partial charge on any atom is -0.380 e. The molecular formula is C25H30F3N5O. The van der Waals surface area contributed by atoms with Crippen LogP contribution in [0, 0.1) is 25.6 Å². The summed E-state index contributed by atoms with van der Waals surface area (Å²) >= 11 is 0. The zero-order valence-electron chi connectivity index (χ0n) is 19.9. The van der Waals surface area contributed by atoms with Gasteiger partial charge in [0.2, 0.25) is 5.95 Å². The second kappa shape index (κ2) is 10.1. The first kappa shape index (κ1) is 24.2. The Hall–Kier alpha value is -2.91. The fourth-order valence-corrected chi connectivity index (χ4v) is 4.29. The van der Waals surface area contributed by atoms with Crippen LogP contribution in [0.15, 0.2) is 36.9 Å². The van der Waals surface area contributed by atoms with Crippen molar-refractivity contribution in [1.29, 1.82) is 0 Å². The maximum absolute atomic E-state index is 14.8. The highest BCUT2D eigenvalue weighted by atomic mass is 19.1. The largest absolute Gasteiger partial charge is 0.380 e. The van der Waals surface area contributed by atoms with Gasteiger partial charge in [0.15, 0.2) is 0 Å². The lowest BCUT2D eigenvalue weighted by Crippen LogP contribution is -2.49. The molecule has 0 radical (unpaired) electrons. The van der Waals surface area contributed by atoms with Crippen LogP contribution in [0.1, 0.15) is 24.5 Å². The molecule has 6 nitrogen and oxygen atoms in total. The number of halogens is 3. The standard InChI is InChI=1S/C25H30F3N5O/c1-15-8-24(16(2)7-20(15)26)33-13-23(30-14-33)19-9-18(10-29-25(19)28)31-22-5-6-32(12-21(22)27)11-17(3)34-4/h7-10,13-14,17,21-22,31H,5-6,11-12H2,1-4H3/t17-,21?,22?/m0/s1. The number of aromatic nitrogens is 3. The van der Waals surface area contributed by atoms with Crippen molar-refractivity contribution in [3.05, 3.63) is 59.8 Å². The van der Waals surface area contributed by atoms with Gasteiger partial charge in [0.05, 0.1) is 41.6 Å². The lowest BCUT2D eigenvalue weighted by molar-refractivity contribution is 0.0490. The Morgan fingerprint density at radius 2 is 1.97 bits per heavy atom. The molecule has 4 rings (SSSR count). The van der Waals surface area contributed by atoms with E-state index >= 15 is 0 Å². The zero-order valence-corrected chi connectivity index (χ0v) is 19.9. The van der Waals surface area contributed by atoms with Gasteiger partial charge in [-0.3, -0.25) is 4.90 Å². The van der Waals surface area contributed by atoms with E-state index < -0.39 is 18.2 Å². The molecule has 2 aromatic heterocycles. The van der Waals surface area contributed by atoms with E-state index in [1.54, 1.807) is 50.2 Å². The number of anilines is 1. The number of nitrogens with zero attached hydrogens (tertiary/aromatic N) is 4. The summed E-state index contributed by atoms with van der Waals surface area (Å²) in [4.78, 5) is 10.2. The molecule has 0 spiro atoms. The number of imidazole rings is 1. The number of hydrogen-bond acceptors (Lipinski definition) is 5. The molecule has 1 aliphatic heterocycles. The fraction of sp³-hybridized carbons (Fsp3) is 0.440. The number of piperidine rings is 1. The number of nitrogens with one attached hydrogen (secondary N) is 1. The third-order valence-electron chi connectivity index (χ3n) is 6.35. The Balaban J connectivity index is 1.50. The molecule has 34 heavy (non-hydrogen) atoms. The summed E-state index contributed by atoms with van der Waals surface area (Å²) in [5.41, 5.74) is 3.14. The molecule has 1 fully saturated rings. The monoisotopic (exact) mass is 473 g/mol. The summed E-state index contributed by atoms with van der Waals surface area (Å²) in [5, 5.41) is 3.18. The van der Waals surface area contributed by atoms with E-state index in [9.17, 15) is 13.2 Å². The lowest BCUT2D eigenvalue weighted by atomic mass is 10.0. The molecule has 3 heterocycles. The predicted molar refractivity (Wildman–Crippen MR) is 126 cm³/mol. The van der Waals surface area contributed by atoms with E-state index in [-0.39, 0.29) is 17.5 Å². The van der Waals surface area contributed by atoms with E-state index in [1.807, 2.05) is 6.92 Å². The Morgan fingerprint density at radius 1 is 1.18 bits per heavy atom. The molecule has 3 aromatic rings. The minimum absolute atomic E-state index is 0.0444. The van der Waals surface area contributed by atoms with Gasteiger partial charge in [-0.1, -0.05) is 0 Å². The van der Waals surface area contributed by atoms with Gasteiger partial charge in [0.25, 0.3) is 0 Å². The molecule has 2 unspecified atom stereocenters. The summed E-state index contributed by atoms with van der Waals surface area (Å²) < 4.78 is 50.3. The highest BCUT2D eigenvalue weighted by Crippen LogP contribution is 2.27. The highest BCUT2D eigenvalue weighted by Gasteiger charge is 2.30. The summed E-state index contributed by atoms with van der Waals surface area (Å²) in [6.45, 7) is 7.20. The maximum Gasteiger partial charge on any atom is 0.222 e. The van der Waals surface area contributed by atoms with Gasteiger partial charge in [0.1, 0.15) is 12.0 Å². The van der Waals surface area contributed by atoms with Crippen LogP contribution in [0.5, 0.6) is 0 Å². The van der Waals surface area contributed by atoms with Crippen molar-refractivity contribution >= 4 is 5.69 Å². The fourth-order valence-electron chi connectivity index (χ4n) is 4.29. The number of ether oxygens (including phenoxy) is 1. The Bertz CT molecular complexity index is 1150. The van der Waals surface area contributed by atoms with E-state index in [1.165, 1.54) is 12.3 Å². The van der Waals surface area contributed by atoms with E-state index in [0.717, 1.165) is 17.8 Å². The number of likely N-dealkylation sites (tertiary alicyclic amines) is 1. The van der Waals surface area contributed by atoms with E-state index in [4.69, 9.17) is 4.74 Å². The summed E-state index contributed by atoms with van der Waals surface area (Å²) in [6, 6.07) is 4.40. The summed E-state index contributed by atoms with van der Waals surface area (Å²) in [7, 11) is 1.65. The van der Waals surface area contributed by atoms with Gasteiger partial charge >= 0.3 is 0 Å². The molecule has 1 N–H and O–H groups in total. The van der Waals surface area contributed by atoms with Gasteiger partial charge in [-0.25, -0.2) is 18.7 Å². The van der Waals surface area contributed by atoms with Crippen molar-refractivity contribution in [3.8, 4) is 16.9 Å². The number of rotatable bonds is 7. The Labute approximate surface area is 197 Å². The summed E-state index contributed by atoms with van der Waals surface area (Å²) in [5.74, 6) is -0.941. The van der Waals surface area contributed by atoms with Gasteiger partial charge in [-0.05, 0) is 56.5 Å². The van der Waals surface area contributed by atoms with Crippen molar-refractivity contribution in [1.82, 2.24) is 19.4 Å². The van der Waals surface area contributed by atoms with Gasteiger partial charge in [-0.2, -0.15) is 4.39 Å². The molecular weight excluding hydrogens is 443 g/mol. The molecule has 3 atom stereocenters. The van der Waals surface area contributed by atoms with E-state index in [2.05, 4.69) is 20.2 Å². The van der Waals surface area contributed by atoms with Crippen LogP contribution in [0.25, 0.3) is 16.9 Å². The Morgan fingerprint density at radius 3 is 2.71 bits per heavy atom. The zero-order chi connectivity index (χ0) is 24.4. The SMILES string of the molecule is CO[C@@H](C)CN1CCC(Nc2cnc(F)c(-c3cn(-c4cc(C)c(F)cc4C)cn3)c2)C(F)C1. The number of pyridine rings is 1. The van der Waals surface area contributed by atoms with Crippen molar-refractivity contribution in [2.24, 2.45) is 0 Å². The summed E-state index contributed by atoms with van der Waals surface area (Å²) in [6.07, 6.45) is 4.19. The Kier molecular flexibility index (Phi) is 7.23.